The molecule has 0 saturated heterocycles. The van der Waals surface area contributed by atoms with Gasteiger partial charge in [0, 0.05) is 38.2 Å². The van der Waals surface area contributed by atoms with E-state index in [1.54, 1.807) is 5.32 Å². The highest BCUT2D eigenvalue weighted by atomic mass is 19.4. The standard InChI is InChI=1S/C25H30F5N3O3/c1-2-16-5-3-6-17(9-16)14-32-21(12-18-10-19(26)13-20(27)11-18)22(34)15-33-23(35)7-4-8-31-24(36)25(28,29)30/h3,5-6,9-11,13,21-22,32,34H,2,4,7-8,12,14-15H2,1H3,(H,31,36)(H,33,35)/t21?,22-/m1/s1. The maximum absolute atomic E-state index is 13.7. The van der Waals surface area contributed by atoms with Gasteiger partial charge in [-0.25, -0.2) is 8.78 Å². The number of amides is 2. The van der Waals surface area contributed by atoms with E-state index in [4.69, 9.17) is 0 Å². The van der Waals surface area contributed by atoms with Gasteiger partial charge in [0.25, 0.3) is 0 Å². The van der Waals surface area contributed by atoms with Gasteiger partial charge in [0.05, 0.1) is 6.10 Å². The van der Waals surface area contributed by atoms with Gasteiger partial charge < -0.3 is 21.1 Å². The summed E-state index contributed by atoms with van der Waals surface area (Å²) in [5.41, 5.74) is 2.39. The summed E-state index contributed by atoms with van der Waals surface area (Å²) >= 11 is 0. The van der Waals surface area contributed by atoms with Crippen molar-refractivity contribution in [3.05, 3.63) is 70.8 Å². The third-order valence-electron chi connectivity index (χ3n) is 5.44. The van der Waals surface area contributed by atoms with Crippen LogP contribution in [0.5, 0.6) is 0 Å². The number of benzene rings is 2. The molecule has 2 aromatic rings. The van der Waals surface area contributed by atoms with Crippen molar-refractivity contribution < 1.29 is 36.6 Å². The molecule has 0 bridgehead atoms. The lowest BCUT2D eigenvalue weighted by Gasteiger charge is -2.25. The maximum atomic E-state index is 13.7. The van der Waals surface area contributed by atoms with Crippen LogP contribution in [0.4, 0.5) is 22.0 Å². The van der Waals surface area contributed by atoms with Crippen molar-refractivity contribution >= 4 is 11.8 Å². The first kappa shape index (κ1) is 29.2. The molecule has 36 heavy (non-hydrogen) atoms. The average molecular weight is 516 g/mol. The van der Waals surface area contributed by atoms with Crippen LogP contribution in [0.15, 0.2) is 42.5 Å². The van der Waals surface area contributed by atoms with Crippen molar-refractivity contribution in [2.45, 2.75) is 57.5 Å². The van der Waals surface area contributed by atoms with Gasteiger partial charge in [-0.05, 0) is 48.1 Å². The molecule has 0 aliphatic heterocycles. The number of carbonyl (C=O) groups excluding carboxylic acids is 2. The minimum atomic E-state index is -4.99. The molecule has 0 spiro atoms. The highest BCUT2D eigenvalue weighted by Gasteiger charge is 2.38. The van der Waals surface area contributed by atoms with Gasteiger partial charge in [0.15, 0.2) is 0 Å². The first-order valence-corrected chi connectivity index (χ1v) is 11.5. The Morgan fingerprint density at radius 2 is 1.64 bits per heavy atom. The van der Waals surface area contributed by atoms with E-state index in [2.05, 4.69) is 10.6 Å². The fourth-order valence-electron chi connectivity index (χ4n) is 3.54. The van der Waals surface area contributed by atoms with Crippen LogP contribution < -0.4 is 16.0 Å². The normalized spacial score (nSPS) is 13.2. The van der Waals surface area contributed by atoms with E-state index in [1.807, 2.05) is 31.2 Å². The smallest absolute Gasteiger partial charge is 0.390 e. The Kier molecular flexibility index (Phi) is 11.3. The molecule has 0 aliphatic rings. The molecule has 0 radical (unpaired) electrons. The fraction of sp³-hybridized carbons (Fsp3) is 0.440. The number of aliphatic hydroxyl groups is 1. The summed E-state index contributed by atoms with van der Waals surface area (Å²) < 4.78 is 63.8. The first-order valence-electron chi connectivity index (χ1n) is 11.5. The highest BCUT2D eigenvalue weighted by molar-refractivity contribution is 5.81. The monoisotopic (exact) mass is 515 g/mol. The van der Waals surface area contributed by atoms with Crippen molar-refractivity contribution in [2.24, 2.45) is 0 Å². The largest absolute Gasteiger partial charge is 0.471 e. The lowest BCUT2D eigenvalue weighted by Crippen LogP contribution is -2.47. The summed E-state index contributed by atoms with van der Waals surface area (Å²) in [7, 11) is 0. The van der Waals surface area contributed by atoms with E-state index in [9.17, 15) is 36.6 Å². The summed E-state index contributed by atoms with van der Waals surface area (Å²) in [5.74, 6) is -4.10. The molecular weight excluding hydrogens is 485 g/mol. The van der Waals surface area contributed by atoms with Crippen LogP contribution in [0, 0.1) is 11.6 Å². The van der Waals surface area contributed by atoms with Crippen LogP contribution in [0.3, 0.4) is 0 Å². The number of carbonyl (C=O) groups is 2. The van der Waals surface area contributed by atoms with Crippen LogP contribution in [-0.4, -0.2) is 48.3 Å². The number of hydrogen-bond acceptors (Lipinski definition) is 4. The molecule has 2 atom stereocenters. The van der Waals surface area contributed by atoms with E-state index < -0.39 is 41.8 Å². The lowest BCUT2D eigenvalue weighted by molar-refractivity contribution is -0.173. The second-order valence-corrected chi connectivity index (χ2v) is 8.37. The molecule has 0 fully saturated rings. The molecule has 4 N–H and O–H groups in total. The molecule has 0 heterocycles. The minimum absolute atomic E-state index is 0.0260. The Bertz CT molecular complexity index is 996. The summed E-state index contributed by atoms with van der Waals surface area (Å²) in [6.07, 6.45) is -5.41. The molecule has 0 aromatic heterocycles. The number of aliphatic hydroxyl groups excluding tert-OH is 1. The second kappa shape index (κ2) is 13.9. The third-order valence-corrected chi connectivity index (χ3v) is 5.44. The Labute approximate surface area is 206 Å². The van der Waals surface area contributed by atoms with Gasteiger partial charge in [-0.3, -0.25) is 9.59 Å². The Hall–Kier alpha value is -3.05. The molecule has 6 nitrogen and oxygen atoms in total. The number of hydrogen-bond donors (Lipinski definition) is 4. The molecule has 198 valence electrons. The van der Waals surface area contributed by atoms with Crippen LogP contribution in [-0.2, 0) is 29.0 Å². The molecule has 2 rings (SSSR count). The van der Waals surface area contributed by atoms with Crippen LogP contribution in [0.25, 0.3) is 0 Å². The summed E-state index contributed by atoms with van der Waals surface area (Å²) in [4.78, 5) is 22.8. The van der Waals surface area contributed by atoms with Crippen molar-refractivity contribution in [1.29, 1.82) is 0 Å². The van der Waals surface area contributed by atoms with Crippen molar-refractivity contribution in [1.82, 2.24) is 16.0 Å². The van der Waals surface area contributed by atoms with Crippen LogP contribution in [0.1, 0.15) is 36.5 Å². The van der Waals surface area contributed by atoms with E-state index in [0.717, 1.165) is 35.7 Å². The van der Waals surface area contributed by atoms with E-state index in [-0.39, 0.29) is 32.4 Å². The van der Waals surface area contributed by atoms with Gasteiger partial charge in [-0.2, -0.15) is 13.2 Å². The quantitative estimate of drug-likeness (QED) is 0.244. The molecular formula is C25H30F5N3O3. The number of alkyl halides is 3. The zero-order chi connectivity index (χ0) is 26.7. The van der Waals surface area contributed by atoms with E-state index >= 15 is 0 Å². The summed E-state index contributed by atoms with van der Waals surface area (Å²) in [6.45, 7) is 1.85. The Balaban J connectivity index is 1.94. The van der Waals surface area contributed by atoms with Crippen molar-refractivity contribution in [3.8, 4) is 0 Å². The lowest BCUT2D eigenvalue weighted by atomic mass is 10.00. The van der Waals surface area contributed by atoms with E-state index in [0.29, 0.717) is 12.1 Å². The van der Waals surface area contributed by atoms with Gasteiger partial charge in [-0.1, -0.05) is 31.2 Å². The fourth-order valence-corrected chi connectivity index (χ4v) is 3.54. The van der Waals surface area contributed by atoms with Crippen molar-refractivity contribution in [2.75, 3.05) is 13.1 Å². The maximum Gasteiger partial charge on any atom is 0.471 e. The predicted octanol–water partition coefficient (Wildman–Crippen LogP) is 3.16. The third kappa shape index (κ3) is 10.3. The van der Waals surface area contributed by atoms with E-state index in [1.165, 1.54) is 0 Å². The molecule has 1 unspecified atom stereocenters. The van der Waals surface area contributed by atoms with Crippen LogP contribution >= 0.6 is 0 Å². The first-order chi connectivity index (χ1) is 17.0. The topological polar surface area (TPSA) is 90.5 Å². The van der Waals surface area contributed by atoms with Crippen molar-refractivity contribution in [3.63, 3.8) is 0 Å². The molecule has 2 aromatic carbocycles. The summed E-state index contributed by atoms with van der Waals surface area (Å²) in [5, 5.41) is 18.1. The second-order valence-electron chi connectivity index (χ2n) is 8.37. The number of rotatable bonds is 13. The number of nitrogens with one attached hydrogen (secondary N) is 3. The molecule has 0 aliphatic carbocycles. The van der Waals surface area contributed by atoms with Gasteiger partial charge >= 0.3 is 12.1 Å². The molecule has 0 saturated carbocycles. The van der Waals surface area contributed by atoms with Gasteiger partial charge in [0.1, 0.15) is 11.6 Å². The number of aryl methyl sites for hydroxylation is 1. The SMILES string of the molecule is CCc1cccc(CNC(Cc2cc(F)cc(F)c2)[C@H](O)CNC(=O)CCCNC(=O)C(F)(F)F)c1. The zero-order valence-electron chi connectivity index (χ0n) is 19.8. The Morgan fingerprint density at radius 1 is 0.972 bits per heavy atom. The zero-order valence-corrected chi connectivity index (χ0v) is 19.8. The average Bonchev–Trinajstić information content (AvgIpc) is 2.81. The van der Waals surface area contributed by atoms with Gasteiger partial charge in [-0.15, -0.1) is 0 Å². The summed E-state index contributed by atoms with van der Waals surface area (Å²) in [6, 6.07) is 10.2. The predicted molar refractivity (Wildman–Crippen MR) is 124 cm³/mol. The minimum Gasteiger partial charge on any atom is -0.390 e. The molecule has 11 heteroatoms. The molecule has 2 amide bonds. The Morgan fingerprint density at radius 3 is 2.28 bits per heavy atom. The van der Waals surface area contributed by atoms with Gasteiger partial charge in [0.2, 0.25) is 5.91 Å². The van der Waals surface area contributed by atoms with Crippen LogP contribution in [0.2, 0.25) is 0 Å². The number of halogens is 5. The highest BCUT2D eigenvalue weighted by Crippen LogP contribution is 2.15.